The fourth-order valence-electron chi connectivity index (χ4n) is 16.2. The molecule has 8 N–H and O–H groups in total. The topological polar surface area (TPSA) is 303 Å². The molecular formula is C102H80N10O12S2. The van der Waals surface area contributed by atoms with Gasteiger partial charge in [0.05, 0.1) is 88.2 Å². The smallest absolute Gasteiger partial charge is 0.327 e. The zero-order chi connectivity index (χ0) is 86.6. The molecule has 18 rings (SSSR count). The summed E-state index contributed by atoms with van der Waals surface area (Å²) in [6.07, 6.45) is 15.9. The molecule has 0 unspecified atom stereocenters. The van der Waals surface area contributed by atoms with Crippen molar-refractivity contribution in [2.75, 3.05) is 54.2 Å². The van der Waals surface area contributed by atoms with Gasteiger partial charge in [-0.25, -0.2) is 29.5 Å². The molecule has 4 aliphatic heterocycles. The third-order valence-electron chi connectivity index (χ3n) is 22.3. The second-order valence-electron chi connectivity index (χ2n) is 29.8. The summed E-state index contributed by atoms with van der Waals surface area (Å²) in [6, 6.07) is 74.1. The average molecular weight is 1700 g/mol. The van der Waals surface area contributed by atoms with Crippen molar-refractivity contribution < 1.29 is 57.8 Å². The fourth-order valence-corrected chi connectivity index (χ4v) is 18.5. The maximum Gasteiger partial charge on any atom is 0.327 e. The van der Waals surface area contributed by atoms with Crippen LogP contribution in [-0.2, 0) is 9.59 Å². The maximum absolute atomic E-state index is 14.3. The SMILES string of the molecule is COc1cccc(-c2c3nc(c(-c4cccc(OC)c4)c4ccc([nH]4)c(-c4cccc(OC)c4)c4nc(c(-c5ccc(C(=O)N[C@@H](CSSC[C@H](NC(=O)c6ccc(-c7c8nc(c(-c9cccc(OC)c9)c9ccc([nH]9)c(-c9cccc(OC)c9)c9nc(c(-c%10cccc(OC)c%10)c%10ccc7[nH]%10)C=C9)C=C8)cc6)C(=O)O)C(=O)O)cc5)c5ccc2[nH]5)C=C4)C=C3)c1. The summed E-state index contributed by atoms with van der Waals surface area (Å²) in [5.74, 6) is -0.260. The number of hydrogen-bond donors (Lipinski definition) is 8. The molecular weight excluding hydrogens is 1620 g/mol. The van der Waals surface area contributed by atoms with Crippen LogP contribution in [0.2, 0.25) is 0 Å². The highest BCUT2D eigenvalue weighted by Crippen LogP contribution is 2.44. The van der Waals surface area contributed by atoms with Crippen LogP contribution in [-0.4, -0.2) is 140 Å². The number of H-pyrrole nitrogens is 4. The Morgan fingerprint density at radius 3 is 0.651 bits per heavy atom. The highest BCUT2D eigenvalue weighted by molar-refractivity contribution is 8.76. The molecule has 10 heterocycles. The number of nitrogens with zero attached hydrogens (tertiary/aromatic N) is 4. The zero-order valence-electron chi connectivity index (χ0n) is 68.9. The number of aromatic amines is 4. The van der Waals surface area contributed by atoms with Gasteiger partial charge < -0.3 is 69.2 Å². The highest BCUT2D eigenvalue weighted by Gasteiger charge is 2.28. The first kappa shape index (κ1) is 81.4. The van der Waals surface area contributed by atoms with Crippen LogP contribution in [0.3, 0.4) is 0 Å². The molecule has 16 bridgehead atoms. The van der Waals surface area contributed by atoms with E-state index >= 15 is 0 Å². The Bertz CT molecular complexity index is 6710. The molecule has 0 aliphatic carbocycles. The van der Waals surface area contributed by atoms with Gasteiger partial charge in [-0.15, -0.1) is 0 Å². The van der Waals surface area contributed by atoms with Gasteiger partial charge in [0.15, 0.2) is 0 Å². The molecule has 22 nitrogen and oxygen atoms in total. The van der Waals surface area contributed by atoms with Gasteiger partial charge in [0.2, 0.25) is 0 Å². The number of carbonyl (C=O) groups excluding carboxylic acids is 2. The predicted octanol–water partition coefficient (Wildman–Crippen LogP) is 21.5. The first-order chi connectivity index (χ1) is 61.6. The van der Waals surface area contributed by atoms with Crippen molar-refractivity contribution in [1.82, 2.24) is 50.5 Å². The van der Waals surface area contributed by atoms with Crippen LogP contribution in [0.4, 0.5) is 0 Å². The van der Waals surface area contributed by atoms with E-state index in [0.29, 0.717) is 113 Å². The molecule has 0 radical (unpaired) electrons. The van der Waals surface area contributed by atoms with Gasteiger partial charge in [-0.2, -0.15) is 0 Å². The standard InChI is InChI=1S/C102H80N10O12S2/c1-119-67-19-7-13-61(49-67)93-77-37-33-73(103-77)91(74-34-38-78(104-74)94(62-14-8-20-68(50-62)120-2)82-42-46-86(108-82)97(85-45-41-81(93)107-85)65-17-11-23-71(53-65)123-5)57-25-29-59(30-26-57)99(113)111-89(101(115)116)55-125-126-56-90(102(117)118)112-100(114)60-31-27-58(28-32-60)92-75-35-39-79(105-75)95(63-15-9-21-69(51-63)121-3)83-43-47-87(109-83)98(66-18-12-24-72(54-66)124-6)88-48-44-84(110-88)96(80-40-36-76(92)106-80)64-16-10-22-70(52-64)122-4/h7-54,89-90,103,105,108,110H,55-56H2,1-6H3,(H,111,113)(H,112,114)(H,115,116)(H,117,118)/t89-,90-/m0/s1. The zero-order valence-corrected chi connectivity index (χ0v) is 70.5. The quantitative estimate of drug-likeness (QED) is 0.0195. The lowest BCUT2D eigenvalue weighted by atomic mass is 10.0. The fraction of sp³-hybridized carbons (Fsp3) is 0.0980. The van der Waals surface area contributed by atoms with Crippen molar-refractivity contribution in [2.24, 2.45) is 0 Å². The number of carboxylic acids is 2. The molecule has 0 saturated carbocycles. The highest BCUT2D eigenvalue weighted by atomic mass is 33.1. The van der Waals surface area contributed by atoms with E-state index in [0.717, 1.165) is 121 Å². The van der Waals surface area contributed by atoms with Crippen LogP contribution in [0.25, 0.3) is 182 Å². The Morgan fingerprint density at radius 1 is 0.278 bits per heavy atom. The minimum Gasteiger partial charge on any atom is -0.497 e. The largest absolute Gasteiger partial charge is 0.497 e. The number of fused-ring (bicyclic) bond motifs is 16. The third-order valence-corrected chi connectivity index (χ3v) is 24.7. The van der Waals surface area contributed by atoms with Gasteiger partial charge in [-0.3, -0.25) is 9.59 Å². The number of nitrogens with one attached hydrogen (secondary N) is 6. The Hall–Kier alpha value is -15.7. The first-order valence-electron chi connectivity index (χ1n) is 40.3. The average Bonchev–Trinajstić information content (AvgIpc) is 1.61. The molecule has 2 atom stereocenters. The summed E-state index contributed by atoms with van der Waals surface area (Å²) in [5.41, 5.74) is 24.4. The molecule has 4 aliphatic rings. The summed E-state index contributed by atoms with van der Waals surface area (Å²) in [6.45, 7) is 0. The molecule has 0 fully saturated rings. The van der Waals surface area contributed by atoms with Crippen molar-refractivity contribution in [3.05, 3.63) is 299 Å². The second kappa shape index (κ2) is 35.4. The van der Waals surface area contributed by atoms with E-state index in [2.05, 4.69) is 30.6 Å². The number of aromatic nitrogens is 8. The van der Waals surface area contributed by atoms with Crippen molar-refractivity contribution in [3.8, 4) is 124 Å². The third kappa shape index (κ3) is 16.5. The molecule has 24 heteroatoms. The molecule has 0 saturated heterocycles. The second-order valence-corrected chi connectivity index (χ2v) is 32.4. The number of carboxylic acid groups (broad SMARTS) is 2. The summed E-state index contributed by atoms with van der Waals surface area (Å²) in [7, 11) is 11.9. The Kier molecular flexibility index (Phi) is 22.9. The van der Waals surface area contributed by atoms with Crippen LogP contribution in [0.5, 0.6) is 34.5 Å². The van der Waals surface area contributed by atoms with Crippen LogP contribution in [0.1, 0.15) is 66.3 Å². The monoisotopic (exact) mass is 1700 g/mol. The Labute approximate surface area is 730 Å². The summed E-state index contributed by atoms with van der Waals surface area (Å²) < 4.78 is 34.6. The minimum absolute atomic E-state index is 0.162. The van der Waals surface area contributed by atoms with Crippen LogP contribution in [0, 0.1) is 0 Å². The van der Waals surface area contributed by atoms with E-state index in [1.807, 2.05) is 243 Å². The van der Waals surface area contributed by atoms with Gasteiger partial charge in [-0.1, -0.05) is 119 Å². The number of amides is 2. The molecule has 6 aromatic heterocycles. The van der Waals surface area contributed by atoms with E-state index in [-0.39, 0.29) is 22.6 Å². The van der Waals surface area contributed by atoms with Gasteiger partial charge in [0.1, 0.15) is 46.6 Å². The number of carbonyl (C=O) groups is 4. The number of hydrogen-bond acceptors (Lipinski definition) is 16. The number of ether oxygens (including phenoxy) is 6. The lowest BCUT2D eigenvalue weighted by molar-refractivity contribution is -0.139. The molecule has 8 aromatic carbocycles. The van der Waals surface area contributed by atoms with Crippen molar-refractivity contribution >= 4 is 138 Å². The van der Waals surface area contributed by atoms with E-state index in [1.54, 1.807) is 91.2 Å². The lowest BCUT2D eigenvalue weighted by Crippen LogP contribution is -2.43. The predicted molar refractivity (Wildman–Crippen MR) is 503 cm³/mol. The number of benzene rings is 8. The van der Waals surface area contributed by atoms with E-state index in [4.69, 9.17) is 48.4 Å². The summed E-state index contributed by atoms with van der Waals surface area (Å²) >= 11 is 0. The van der Waals surface area contributed by atoms with Crippen molar-refractivity contribution in [1.29, 1.82) is 0 Å². The summed E-state index contributed by atoms with van der Waals surface area (Å²) in [5, 5.41) is 26.6. The first-order valence-corrected chi connectivity index (χ1v) is 42.8. The molecule has 126 heavy (non-hydrogen) atoms. The Balaban J connectivity index is 0.624. The number of aliphatic carboxylic acids is 2. The summed E-state index contributed by atoms with van der Waals surface area (Å²) in [4.78, 5) is 91.4. The van der Waals surface area contributed by atoms with Crippen LogP contribution < -0.4 is 39.1 Å². The number of rotatable bonds is 25. The van der Waals surface area contributed by atoms with E-state index in [1.165, 1.54) is 0 Å². The molecule has 14 aromatic rings. The molecule has 0 spiro atoms. The number of methoxy groups -OCH3 is 6. The normalized spacial score (nSPS) is 12.3. The van der Waals surface area contributed by atoms with Gasteiger partial charge >= 0.3 is 11.9 Å². The van der Waals surface area contributed by atoms with Gasteiger partial charge in [0, 0.05) is 111 Å². The minimum atomic E-state index is -1.41. The Morgan fingerprint density at radius 2 is 0.468 bits per heavy atom. The maximum atomic E-state index is 14.3. The van der Waals surface area contributed by atoms with Gasteiger partial charge in [0.25, 0.3) is 11.8 Å². The van der Waals surface area contributed by atoms with Gasteiger partial charge in [-0.05, 0) is 239 Å². The van der Waals surface area contributed by atoms with E-state index < -0.39 is 35.8 Å². The lowest BCUT2D eigenvalue weighted by Gasteiger charge is -2.16. The van der Waals surface area contributed by atoms with Crippen LogP contribution >= 0.6 is 21.6 Å². The van der Waals surface area contributed by atoms with E-state index in [9.17, 15) is 29.4 Å². The van der Waals surface area contributed by atoms with Crippen molar-refractivity contribution in [3.63, 3.8) is 0 Å². The van der Waals surface area contributed by atoms with Crippen LogP contribution in [0.15, 0.2) is 243 Å². The van der Waals surface area contributed by atoms with Crippen molar-refractivity contribution in [2.45, 2.75) is 12.1 Å². The molecule has 622 valence electrons. The molecule has 2 amide bonds.